The number of carbonyl (C=O) groups excluding carboxylic acids is 1. The third kappa shape index (κ3) is 3.38. The number of urea groups is 1. The molecule has 6 heteroatoms. The molecule has 130 valence electrons. The van der Waals surface area contributed by atoms with Gasteiger partial charge in [0.1, 0.15) is 0 Å². The van der Waals surface area contributed by atoms with Gasteiger partial charge >= 0.3 is 12.0 Å². The number of hydrogen-bond donors (Lipinski definition) is 3. The van der Waals surface area contributed by atoms with Crippen LogP contribution in [-0.2, 0) is 11.2 Å². The van der Waals surface area contributed by atoms with Gasteiger partial charge in [-0.2, -0.15) is 0 Å². The summed E-state index contributed by atoms with van der Waals surface area (Å²) in [4.78, 5) is 25.4. The van der Waals surface area contributed by atoms with Gasteiger partial charge in [0.15, 0.2) is 0 Å². The van der Waals surface area contributed by atoms with E-state index in [0.29, 0.717) is 32.2 Å². The number of hydrogen-bond acceptors (Lipinski definition) is 3. The summed E-state index contributed by atoms with van der Waals surface area (Å²) in [5.41, 5.74) is 2.19. The highest BCUT2D eigenvalue weighted by Gasteiger charge is 2.32. The Morgan fingerprint density at radius 3 is 2.54 bits per heavy atom. The molecule has 1 aliphatic heterocycles. The topological polar surface area (TPSA) is 89.9 Å². The molecule has 1 unspecified atom stereocenters. The zero-order valence-electron chi connectivity index (χ0n) is 13.6. The van der Waals surface area contributed by atoms with Crippen LogP contribution in [-0.4, -0.2) is 46.3 Å². The number of carboxylic acids is 1. The van der Waals surface area contributed by atoms with E-state index in [4.69, 9.17) is 5.11 Å². The van der Waals surface area contributed by atoms with Crippen LogP contribution in [0.25, 0.3) is 0 Å². The molecule has 0 radical (unpaired) electrons. The number of fused-ring (bicyclic) bond motifs is 1. The molecule has 2 amide bonds. The normalized spacial score (nSPS) is 26.5. The second-order valence-electron chi connectivity index (χ2n) is 6.68. The highest BCUT2D eigenvalue weighted by Crippen LogP contribution is 2.30. The number of nitrogens with one attached hydrogen (secondary N) is 1. The fraction of sp³-hybridized carbons (Fsp3) is 0.556. The lowest BCUT2D eigenvalue weighted by molar-refractivity contribution is -0.142. The molecule has 1 aromatic carbocycles. The molecule has 1 aromatic rings. The van der Waals surface area contributed by atoms with Crippen molar-refractivity contribution in [2.75, 3.05) is 13.2 Å². The molecule has 1 saturated carbocycles. The highest BCUT2D eigenvalue weighted by molar-refractivity contribution is 5.76. The van der Waals surface area contributed by atoms with Crippen LogP contribution >= 0.6 is 0 Å². The van der Waals surface area contributed by atoms with Crippen molar-refractivity contribution >= 4 is 12.0 Å². The molecule has 0 spiro atoms. The summed E-state index contributed by atoms with van der Waals surface area (Å²) in [6, 6.07) is 7.45. The quantitative estimate of drug-likeness (QED) is 0.789. The fourth-order valence-corrected chi connectivity index (χ4v) is 3.83. The second kappa shape index (κ2) is 7.21. The summed E-state index contributed by atoms with van der Waals surface area (Å²) in [7, 11) is 0. The highest BCUT2D eigenvalue weighted by atomic mass is 16.4. The van der Waals surface area contributed by atoms with E-state index in [1.165, 1.54) is 5.56 Å². The van der Waals surface area contributed by atoms with Crippen LogP contribution in [0.4, 0.5) is 4.79 Å². The minimum absolute atomic E-state index is 0.0182. The summed E-state index contributed by atoms with van der Waals surface area (Å²) >= 11 is 0. The summed E-state index contributed by atoms with van der Waals surface area (Å²) in [6.45, 7) is 0.481. The van der Waals surface area contributed by atoms with Crippen molar-refractivity contribution in [3.63, 3.8) is 0 Å². The lowest BCUT2D eigenvalue weighted by Crippen LogP contribution is -2.50. The molecule has 3 rings (SSSR count). The maximum absolute atomic E-state index is 12.6. The Morgan fingerprint density at radius 2 is 1.88 bits per heavy atom. The molecule has 1 aliphatic carbocycles. The summed E-state index contributed by atoms with van der Waals surface area (Å²) in [6.07, 6.45) is 3.37. The third-order valence-electron chi connectivity index (χ3n) is 5.25. The predicted octanol–water partition coefficient (Wildman–Crippen LogP) is 1.93. The Bertz CT molecular complexity index is 611. The van der Waals surface area contributed by atoms with Crippen LogP contribution in [0.15, 0.2) is 24.3 Å². The van der Waals surface area contributed by atoms with E-state index in [-0.39, 0.29) is 30.6 Å². The molecule has 0 aromatic heterocycles. The standard InChI is InChI=1S/C18H24N2O4/c21-11-16-15-4-2-1-3-12(15)9-10-20(16)18(24)19-14-7-5-13(6-8-14)17(22)23/h1-4,13-14,16,21H,5-11H2,(H,19,24)(H,22,23). The summed E-state index contributed by atoms with van der Waals surface area (Å²) < 4.78 is 0. The van der Waals surface area contributed by atoms with Gasteiger partial charge in [0.25, 0.3) is 0 Å². The number of carbonyl (C=O) groups is 2. The van der Waals surface area contributed by atoms with Crippen LogP contribution in [0.1, 0.15) is 42.9 Å². The smallest absolute Gasteiger partial charge is 0.318 e. The van der Waals surface area contributed by atoms with Gasteiger partial charge in [0.05, 0.1) is 18.6 Å². The van der Waals surface area contributed by atoms with E-state index in [9.17, 15) is 14.7 Å². The van der Waals surface area contributed by atoms with Crippen molar-refractivity contribution in [3.05, 3.63) is 35.4 Å². The lowest BCUT2D eigenvalue weighted by Gasteiger charge is -2.38. The number of aliphatic carboxylic acids is 1. The molecule has 24 heavy (non-hydrogen) atoms. The van der Waals surface area contributed by atoms with E-state index in [1.54, 1.807) is 4.90 Å². The van der Waals surface area contributed by atoms with Gasteiger partial charge in [-0.05, 0) is 43.2 Å². The first-order chi connectivity index (χ1) is 11.6. The average Bonchev–Trinajstić information content (AvgIpc) is 2.61. The van der Waals surface area contributed by atoms with Crippen molar-refractivity contribution in [1.29, 1.82) is 0 Å². The summed E-state index contributed by atoms with van der Waals surface area (Å²) in [5.74, 6) is -1.03. The zero-order valence-corrected chi connectivity index (χ0v) is 13.6. The summed E-state index contributed by atoms with van der Waals surface area (Å²) in [5, 5.41) is 21.8. The molecule has 1 atom stereocenters. The second-order valence-corrected chi connectivity index (χ2v) is 6.68. The maximum atomic E-state index is 12.6. The van der Waals surface area contributed by atoms with Crippen LogP contribution < -0.4 is 5.32 Å². The van der Waals surface area contributed by atoms with Crippen molar-refractivity contribution in [2.24, 2.45) is 5.92 Å². The molecule has 2 aliphatic rings. The van der Waals surface area contributed by atoms with E-state index >= 15 is 0 Å². The largest absolute Gasteiger partial charge is 0.481 e. The molecule has 1 fully saturated rings. The Morgan fingerprint density at radius 1 is 1.17 bits per heavy atom. The minimum Gasteiger partial charge on any atom is -0.481 e. The fourth-order valence-electron chi connectivity index (χ4n) is 3.83. The number of carboxylic acid groups (broad SMARTS) is 1. The monoisotopic (exact) mass is 332 g/mol. The van der Waals surface area contributed by atoms with E-state index in [0.717, 1.165) is 12.0 Å². The lowest BCUT2D eigenvalue weighted by atomic mass is 9.86. The zero-order chi connectivity index (χ0) is 17.1. The van der Waals surface area contributed by atoms with Gasteiger partial charge in [-0.1, -0.05) is 24.3 Å². The predicted molar refractivity (Wildman–Crippen MR) is 88.6 cm³/mol. The molecule has 0 saturated heterocycles. The van der Waals surface area contributed by atoms with Crippen molar-refractivity contribution < 1.29 is 19.8 Å². The molecular weight excluding hydrogens is 308 g/mol. The van der Waals surface area contributed by atoms with Crippen molar-refractivity contribution in [1.82, 2.24) is 10.2 Å². The van der Waals surface area contributed by atoms with Gasteiger partial charge in [-0.3, -0.25) is 4.79 Å². The molecular formula is C18H24N2O4. The first-order valence-corrected chi connectivity index (χ1v) is 8.58. The molecule has 6 nitrogen and oxygen atoms in total. The van der Waals surface area contributed by atoms with Crippen LogP contribution in [0.5, 0.6) is 0 Å². The van der Waals surface area contributed by atoms with E-state index in [2.05, 4.69) is 5.32 Å². The van der Waals surface area contributed by atoms with Gasteiger partial charge in [-0.25, -0.2) is 4.79 Å². The van der Waals surface area contributed by atoms with E-state index < -0.39 is 5.97 Å². The number of rotatable bonds is 3. The third-order valence-corrected chi connectivity index (χ3v) is 5.25. The first kappa shape index (κ1) is 16.8. The van der Waals surface area contributed by atoms with E-state index in [1.807, 2.05) is 24.3 Å². The molecule has 0 bridgehead atoms. The number of nitrogens with zero attached hydrogens (tertiary/aromatic N) is 1. The van der Waals surface area contributed by atoms with Gasteiger partial charge in [0, 0.05) is 12.6 Å². The Balaban J connectivity index is 1.62. The minimum atomic E-state index is -0.743. The Hall–Kier alpha value is -2.08. The van der Waals surface area contributed by atoms with Gasteiger partial charge in [0.2, 0.25) is 0 Å². The Labute approximate surface area is 141 Å². The average molecular weight is 332 g/mol. The van der Waals surface area contributed by atoms with Crippen LogP contribution in [0.3, 0.4) is 0 Å². The van der Waals surface area contributed by atoms with Gasteiger partial charge in [-0.15, -0.1) is 0 Å². The Kier molecular flexibility index (Phi) is 5.04. The molecule has 3 N–H and O–H groups in total. The van der Waals surface area contributed by atoms with Crippen molar-refractivity contribution in [2.45, 2.75) is 44.2 Å². The molecule has 1 heterocycles. The first-order valence-electron chi connectivity index (χ1n) is 8.58. The number of benzene rings is 1. The van der Waals surface area contributed by atoms with Crippen molar-refractivity contribution in [3.8, 4) is 0 Å². The number of aliphatic hydroxyl groups excluding tert-OH is 1. The number of aliphatic hydroxyl groups is 1. The SMILES string of the molecule is O=C(O)C1CCC(NC(=O)N2CCc3ccccc3C2CO)CC1. The number of amides is 2. The van der Waals surface area contributed by atoms with Crippen LogP contribution in [0.2, 0.25) is 0 Å². The maximum Gasteiger partial charge on any atom is 0.318 e. The van der Waals surface area contributed by atoms with Gasteiger partial charge < -0.3 is 20.4 Å². The van der Waals surface area contributed by atoms with Crippen LogP contribution in [0, 0.1) is 5.92 Å².